The van der Waals surface area contributed by atoms with Crippen molar-refractivity contribution in [2.24, 2.45) is 5.73 Å². The van der Waals surface area contributed by atoms with E-state index in [2.05, 4.69) is 0 Å². The van der Waals surface area contributed by atoms with Gasteiger partial charge in [0.15, 0.2) is 0 Å². The fourth-order valence-electron chi connectivity index (χ4n) is 1.20. The van der Waals surface area contributed by atoms with Gasteiger partial charge in [-0.15, -0.1) is 0 Å². The molecule has 0 aromatic carbocycles. The smallest absolute Gasteiger partial charge is 0.147 e. The predicted octanol–water partition coefficient (Wildman–Crippen LogP) is 0.563. The summed E-state index contributed by atoms with van der Waals surface area (Å²) in [5, 5.41) is 0. The second kappa shape index (κ2) is 5.09. The van der Waals surface area contributed by atoms with Crippen LogP contribution >= 0.6 is 0 Å². The van der Waals surface area contributed by atoms with Crippen molar-refractivity contribution < 1.29 is 13.2 Å². The average Bonchev–Trinajstić information content (AvgIpc) is 2.11. The number of methoxy groups -OCH3 is 1. The summed E-state index contributed by atoms with van der Waals surface area (Å²) in [4.78, 5) is 0. The van der Waals surface area contributed by atoms with E-state index >= 15 is 0 Å². The van der Waals surface area contributed by atoms with Crippen LogP contribution in [0, 0.1) is 0 Å². The molecule has 0 aliphatic heterocycles. The van der Waals surface area contributed by atoms with Crippen LogP contribution in [0.5, 0.6) is 0 Å². The Hall–Kier alpha value is -0.130. The van der Waals surface area contributed by atoms with Crippen molar-refractivity contribution in [3.05, 3.63) is 0 Å². The third-order valence-electron chi connectivity index (χ3n) is 2.75. The molecule has 0 saturated heterocycles. The first-order valence-electron chi connectivity index (χ1n) is 4.73. The van der Waals surface area contributed by atoms with Gasteiger partial charge in [0.25, 0.3) is 0 Å². The lowest BCUT2D eigenvalue weighted by Gasteiger charge is -2.33. The molecule has 14 heavy (non-hydrogen) atoms. The van der Waals surface area contributed by atoms with Crippen LogP contribution < -0.4 is 5.73 Å². The zero-order valence-electron chi connectivity index (χ0n) is 9.41. The summed E-state index contributed by atoms with van der Waals surface area (Å²) >= 11 is 0. The quantitative estimate of drug-likeness (QED) is 0.714. The predicted molar refractivity (Wildman–Crippen MR) is 58.0 cm³/mol. The molecule has 0 aromatic rings. The Morgan fingerprint density at radius 1 is 1.50 bits per heavy atom. The van der Waals surface area contributed by atoms with Crippen molar-refractivity contribution >= 4 is 9.84 Å². The number of hydrogen-bond acceptors (Lipinski definition) is 4. The summed E-state index contributed by atoms with van der Waals surface area (Å²) in [7, 11) is -1.33. The molecule has 86 valence electrons. The van der Waals surface area contributed by atoms with Gasteiger partial charge in [0.1, 0.15) is 9.84 Å². The Morgan fingerprint density at radius 3 is 2.29 bits per heavy atom. The van der Waals surface area contributed by atoms with E-state index in [4.69, 9.17) is 10.5 Å². The van der Waals surface area contributed by atoms with Gasteiger partial charge in [0, 0.05) is 19.4 Å². The van der Waals surface area contributed by atoms with Crippen molar-refractivity contribution in [1.29, 1.82) is 0 Å². The summed E-state index contributed by atoms with van der Waals surface area (Å²) in [5.41, 5.74) is 5.47. The Labute approximate surface area is 86.7 Å². The molecule has 0 rings (SSSR count). The van der Waals surface area contributed by atoms with Crippen molar-refractivity contribution in [1.82, 2.24) is 0 Å². The lowest BCUT2D eigenvalue weighted by molar-refractivity contribution is -0.0192. The molecule has 0 spiro atoms. The van der Waals surface area contributed by atoms with Crippen LogP contribution in [0.2, 0.25) is 0 Å². The van der Waals surface area contributed by atoms with E-state index in [0.29, 0.717) is 6.42 Å². The maximum atomic E-state index is 10.9. The van der Waals surface area contributed by atoms with Crippen LogP contribution in [0.25, 0.3) is 0 Å². The Bertz CT molecular complexity index is 257. The highest BCUT2D eigenvalue weighted by molar-refractivity contribution is 7.90. The van der Waals surface area contributed by atoms with Gasteiger partial charge < -0.3 is 10.5 Å². The topological polar surface area (TPSA) is 69.4 Å². The molecule has 0 aliphatic rings. The standard InChI is InChI=1S/C9H21NO3S/c1-5-9(2,13-3)8(10)6-7-14(4,11)12/h8H,5-7,10H2,1-4H3. The van der Waals surface area contributed by atoms with Gasteiger partial charge in [-0.25, -0.2) is 8.42 Å². The van der Waals surface area contributed by atoms with Gasteiger partial charge in [-0.2, -0.15) is 0 Å². The van der Waals surface area contributed by atoms with Crippen LogP contribution in [0.3, 0.4) is 0 Å². The van der Waals surface area contributed by atoms with Gasteiger partial charge in [-0.3, -0.25) is 0 Å². The first-order valence-corrected chi connectivity index (χ1v) is 6.79. The highest BCUT2D eigenvalue weighted by Gasteiger charge is 2.29. The van der Waals surface area contributed by atoms with Crippen LogP contribution in [-0.2, 0) is 14.6 Å². The molecule has 2 N–H and O–H groups in total. The normalized spacial score (nSPS) is 18.9. The molecule has 0 aliphatic carbocycles. The largest absolute Gasteiger partial charge is 0.377 e. The zero-order chi connectivity index (χ0) is 11.4. The highest BCUT2D eigenvalue weighted by atomic mass is 32.2. The number of hydrogen-bond donors (Lipinski definition) is 1. The minimum atomic E-state index is -2.93. The molecule has 0 bridgehead atoms. The second-order valence-corrected chi connectivity index (χ2v) is 6.16. The molecule has 0 amide bonds. The monoisotopic (exact) mass is 223 g/mol. The van der Waals surface area contributed by atoms with Gasteiger partial charge in [0.2, 0.25) is 0 Å². The molecule has 0 heterocycles. The maximum Gasteiger partial charge on any atom is 0.147 e. The minimum Gasteiger partial charge on any atom is -0.377 e. The van der Waals surface area contributed by atoms with Gasteiger partial charge in [-0.05, 0) is 19.8 Å². The molecule has 2 atom stereocenters. The zero-order valence-corrected chi connectivity index (χ0v) is 10.2. The summed E-state index contributed by atoms with van der Waals surface area (Å²) < 4.78 is 27.2. The molecule has 0 radical (unpaired) electrons. The number of nitrogens with two attached hydrogens (primary N) is 1. The van der Waals surface area contributed by atoms with E-state index in [-0.39, 0.29) is 11.8 Å². The summed E-state index contributed by atoms with van der Waals surface area (Å²) in [6.07, 6.45) is 2.43. The van der Waals surface area contributed by atoms with E-state index in [9.17, 15) is 8.42 Å². The van der Waals surface area contributed by atoms with E-state index < -0.39 is 15.4 Å². The Morgan fingerprint density at radius 2 is 2.00 bits per heavy atom. The van der Waals surface area contributed by atoms with E-state index in [1.807, 2.05) is 13.8 Å². The van der Waals surface area contributed by atoms with Crippen LogP contribution in [0.15, 0.2) is 0 Å². The number of sulfone groups is 1. The first kappa shape index (κ1) is 13.9. The van der Waals surface area contributed by atoms with E-state index in [1.165, 1.54) is 6.26 Å². The average molecular weight is 223 g/mol. The molecule has 0 fully saturated rings. The lowest BCUT2D eigenvalue weighted by atomic mass is 9.92. The molecular formula is C9H21NO3S. The fourth-order valence-corrected chi connectivity index (χ4v) is 1.89. The van der Waals surface area contributed by atoms with Gasteiger partial charge >= 0.3 is 0 Å². The second-order valence-electron chi connectivity index (χ2n) is 3.90. The first-order chi connectivity index (χ1) is 6.25. The van der Waals surface area contributed by atoms with Crippen LogP contribution in [0.4, 0.5) is 0 Å². The molecular weight excluding hydrogens is 202 g/mol. The lowest BCUT2D eigenvalue weighted by Crippen LogP contribution is -2.47. The highest BCUT2D eigenvalue weighted by Crippen LogP contribution is 2.20. The molecule has 0 aromatic heterocycles. The molecule has 5 heteroatoms. The number of ether oxygens (including phenoxy) is 1. The van der Waals surface area contributed by atoms with Crippen molar-refractivity contribution in [3.63, 3.8) is 0 Å². The van der Waals surface area contributed by atoms with Crippen molar-refractivity contribution in [2.45, 2.75) is 38.3 Å². The van der Waals surface area contributed by atoms with E-state index in [1.54, 1.807) is 7.11 Å². The van der Waals surface area contributed by atoms with Gasteiger partial charge in [-0.1, -0.05) is 6.92 Å². The van der Waals surface area contributed by atoms with Gasteiger partial charge in [0.05, 0.1) is 11.4 Å². The van der Waals surface area contributed by atoms with Crippen molar-refractivity contribution in [3.8, 4) is 0 Å². The summed E-state index contributed by atoms with van der Waals surface area (Å²) in [5.74, 6) is 0.118. The molecule has 4 nitrogen and oxygen atoms in total. The summed E-state index contributed by atoms with van der Waals surface area (Å²) in [6.45, 7) is 3.88. The Balaban J connectivity index is 4.26. The Kier molecular flexibility index (Phi) is 5.05. The van der Waals surface area contributed by atoms with Crippen molar-refractivity contribution in [2.75, 3.05) is 19.1 Å². The molecule has 0 saturated carbocycles. The van der Waals surface area contributed by atoms with Crippen LogP contribution in [0.1, 0.15) is 26.7 Å². The fraction of sp³-hybridized carbons (Fsp3) is 1.00. The minimum absolute atomic E-state index is 0.118. The molecule has 2 unspecified atom stereocenters. The number of rotatable bonds is 6. The van der Waals surface area contributed by atoms with Crippen LogP contribution in [-0.4, -0.2) is 39.2 Å². The third-order valence-corrected chi connectivity index (χ3v) is 3.73. The third kappa shape index (κ3) is 4.39. The summed E-state index contributed by atoms with van der Waals surface area (Å²) in [6, 6.07) is -0.243. The maximum absolute atomic E-state index is 10.9. The van der Waals surface area contributed by atoms with E-state index in [0.717, 1.165) is 6.42 Å². The SMILES string of the molecule is CCC(C)(OC)C(N)CCS(C)(=O)=O.